The van der Waals surface area contributed by atoms with Crippen LogP contribution in [0, 0.1) is 0 Å². The lowest BCUT2D eigenvalue weighted by atomic mass is 9.97. The van der Waals surface area contributed by atoms with Crippen LogP contribution in [0.2, 0.25) is 0 Å². The largest absolute Gasteiger partial charge is 0.226 e. The van der Waals surface area contributed by atoms with Crippen LogP contribution in [-0.4, -0.2) is 9.97 Å². The molecule has 9 aromatic rings. The summed E-state index contributed by atoms with van der Waals surface area (Å²) in [7, 11) is 0. The number of rotatable bonds is 4. The van der Waals surface area contributed by atoms with Crippen LogP contribution in [0.1, 0.15) is 0 Å². The Balaban J connectivity index is 1.28. The maximum Gasteiger partial charge on any atom is 0.160 e. The van der Waals surface area contributed by atoms with Crippen LogP contribution in [0.15, 0.2) is 158 Å². The number of hydrogen-bond acceptors (Lipinski definition) is 3. The van der Waals surface area contributed by atoms with E-state index in [4.69, 9.17) is 9.97 Å². The maximum absolute atomic E-state index is 5.37. The first-order valence-electron chi connectivity index (χ1n) is 15.2. The molecule has 2 aromatic heterocycles. The molecule has 0 bridgehead atoms. The second kappa shape index (κ2) is 10.5. The molecule has 0 unspecified atom stereocenters. The Labute approximate surface area is 264 Å². The van der Waals surface area contributed by atoms with Gasteiger partial charge in [0.25, 0.3) is 0 Å². The van der Waals surface area contributed by atoms with Gasteiger partial charge in [-0.05, 0) is 55.9 Å². The smallest absolute Gasteiger partial charge is 0.160 e. The molecule has 0 saturated heterocycles. The van der Waals surface area contributed by atoms with Crippen molar-refractivity contribution in [3.63, 3.8) is 0 Å². The van der Waals surface area contributed by atoms with Crippen molar-refractivity contribution in [2.75, 3.05) is 0 Å². The zero-order chi connectivity index (χ0) is 29.7. The van der Waals surface area contributed by atoms with Crippen LogP contribution in [0.3, 0.4) is 0 Å². The average Bonchev–Trinajstić information content (AvgIpc) is 3.51. The first-order chi connectivity index (χ1) is 22.3. The van der Waals surface area contributed by atoms with Crippen LogP contribution in [0.5, 0.6) is 0 Å². The minimum absolute atomic E-state index is 0.736. The molecule has 0 amide bonds. The standard InChI is InChI=1S/C42H26N2S/c1-2-11-27(12-3-1)30-16-8-17-31(25-30)32-18-9-19-33(26-32)42-43-38(36-22-10-15-28-13-4-6-20-34(28)36)41-39(44-42)37-24-23-29-14-5-7-21-35(29)40(37)45-41/h1-26H. The van der Waals surface area contributed by atoms with E-state index < -0.39 is 0 Å². The predicted molar refractivity (Wildman–Crippen MR) is 192 cm³/mol. The van der Waals surface area contributed by atoms with E-state index in [9.17, 15) is 0 Å². The summed E-state index contributed by atoms with van der Waals surface area (Å²) in [5.74, 6) is 0.736. The molecule has 2 heterocycles. The van der Waals surface area contributed by atoms with Crippen molar-refractivity contribution in [2.45, 2.75) is 0 Å². The summed E-state index contributed by atoms with van der Waals surface area (Å²) >= 11 is 1.80. The van der Waals surface area contributed by atoms with Crippen LogP contribution >= 0.6 is 11.3 Å². The molecule has 0 aliphatic rings. The molecule has 0 aliphatic heterocycles. The molecule has 7 aromatic carbocycles. The Hall–Kier alpha value is -5.64. The van der Waals surface area contributed by atoms with Crippen molar-refractivity contribution in [1.29, 1.82) is 0 Å². The lowest BCUT2D eigenvalue weighted by Gasteiger charge is -2.11. The highest BCUT2D eigenvalue weighted by atomic mass is 32.1. The molecule has 210 valence electrons. The van der Waals surface area contributed by atoms with Crippen molar-refractivity contribution in [2.24, 2.45) is 0 Å². The van der Waals surface area contributed by atoms with Crippen molar-refractivity contribution in [3.8, 4) is 44.9 Å². The van der Waals surface area contributed by atoms with Gasteiger partial charge < -0.3 is 0 Å². The zero-order valence-corrected chi connectivity index (χ0v) is 25.1. The normalized spacial score (nSPS) is 11.6. The van der Waals surface area contributed by atoms with Crippen LogP contribution in [-0.2, 0) is 0 Å². The molecule has 0 radical (unpaired) electrons. The first kappa shape index (κ1) is 25.8. The van der Waals surface area contributed by atoms with Crippen LogP contribution < -0.4 is 0 Å². The molecular weight excluding hydrogens is 565 g/mol. The van der Waals surface area contributed by atoms with Crippen LogP contribution in [0.25, 0.3) is 86.7 Å². The highest BCUT2D eigenvalue weighted by molar-refractivity contribution is 7.27. The predicted octanol–water partition coefficient (Wildman–Crippen LogP) is 11.8. The quantitative estimate of drug-likeness (QED) is 0.204. The van der Waals surface area contributed by atoms with Crippen molar-refractivity contribution < 1.29 is 0 Å². The van der Waals surface area contributed by atoms with Gasteiger partial charge in [0, 0.05) is 21.2 Å². The molecule has 0 N–H and O–H groups in total. The lowest BCUT2D eigenvalue weighted by molar-refractivity contribution is 1.24. The van der Waals surface area contributed by atoms with Gasteiger partial charge in [-0.25, -0.2) is 9.97 Å². The number of thiophene rings is 1. The summed E-state index contributed by atoms with van der Waals surface area (Å²) < 4.78 is 2.37. The number of fused-ring (bicyclic) bond motifs is 6. The van der Waals surface area contributed by atoms with E-state index in [-0.39, 0.29) is 0 Å². The summed E-state index contributed by atoms with van der Waals surface area (Å²) in [5.41, 5.74) is 8.83. The molecular formula is C42H26N2S. The zero-order valence-electron chi connectivity index (χ0n) is 24.3. The molecule has 0 atom stereocenters. The molecule has 0 saturated carbocycles. The molecule has 3 heteroatoms. The molecule has 0 aliphatic carbocycles. The lowest BCUT2D eigenvalue weighted by Crippen LogP contribution is -1.94. The van der Waals surface area contributed by atoms with Gasteiger partial charge in [-0.3, -0.25) is 0 Å². The van der Waals surface area contributed by atoms with E-state index in [0.717, 1.165) is 38.4 Å². The van der Waals surface area contributed by atoms with Gasteiger partial charge in [0.05, 0.1) is 15.9 Å². The molecule has 45 heavy (non-hydrogen) atoms. The Morgan fingerprint density at radius 3 is 1.76 bits per heavy atom. The summed E-state index contributed by atoms with van der Waals surface area (Å²) in [6.45, 7) is 0. The van der Waals surface area contributed by atoms with Gasteiger partial charge in [0.2, 0.25) is 0 Å². The topological polar surface area (TPSA) is 25.8 Å². The fraction of sp³-hybridized carbons (Fsp3) is 0. The Bertz CT molecular complexity index is 2540. The SMILES string of the molecule is c1ccc(-c2cccc(-c3cccc(-c4nc(-c5cccc6ccccc56)c5sc6c7ccccc7ccc6c5n4)c3)c2)cc1. The second-order valence-electron chi connectivity index (χ2n) is 11.4. The summed E-state index contributed by atoms with van der Waals surface area (Å²) in [5, 5.41) is 6.06. The Morgan fingerprint density at radius 1 is 0.378 bits per heavy atom. The molecule has 2 nitrogen and oxygen atoms in total. The third kappa shape index (κ3) is 4.40. The highest BCUT2D eigenvalue weighted by Gasteiger charge is 2.19. The van der Waals surface area contributed by atoms with E-state index in [1.54, 1.807) is 11.3 Å². The van der Waals surface area contributed by atoms with E-state index in [0.29, 0.717) is 0 Å². The van der Waals surface area contributed by atoms with Crippen molar-refractivity contribution >= 4 is 53.2 Å². The molecule has 0 fully saturated rings. The van der Waals surface area contributed by atoms with E-state index in [1.807, 2.05) is 0 Å². The van der Waals surface area contributed by atoms with Gasteiger partial charge in [-0.2, -0.15) is 0 Å². The monoisotopic (exact) mass is 590 g/mol. The van der Waals surface area contributed by atoms with Gasteiger partial charge in [-0.1, -0.05) is 146 Å². The number of benzene rings is 7. The van der Waals surface area contributed by atoms with E-state index >= 15 is 0 Å². The average molecular weight is 591 g/mol. The molecule has 0 spiro atoms. The second-order valence-corrected chi connectivity index (χ2v) is 12.4. The fourth-order valence-electron chi connectivity index (χ4n) is 6.46. The van der Waals surface area contributed by atoms with E-state index in [1.165, 1.54) is 48.3 Å². The molecule has 9 rings (SSSR count). The minimum atomic E-state index is 0.736. The highest BCUT2D eigenvalue weighted by Crippen LogP contribution is 2.43. The summed E-state index contributed by atoms with van der Waals surface area (Å²) in [6, 6.07) is 56.0. The van der Waals surface area contributed by atoms with Gasteiger partial charge in [-0.15, -0.1) is 11.3 Å². The van der Waals surface area contributed by atoms with Crippen LogP contribution in [0.4, 0.5) is 0 Å². The number of aromatic nitrogens is 2. The minimum Gasteiger partial charge on any atom is -0.226 e. The Morgan fingerprint density at radius 2 is 0.956 bits per heavy atom. The Kier molecular flexibility index (Phi) is 6.03. The summed E-state index contributed by atoms with van der Waals surface area (Å²) in [6.07, 6.45) is 0. The maximum atomic E-state index is 5.37. The third-order valence-corrected chi connectivity index (χ3v) is 9.91. The number of nitrogens with zero attached hydrogens (tertiary/aromatic N) is 2. The fourth-order valence-corrected chi connectivity index (χ4v) is 7.74. The van der Waals surface area contributed by atoms with Crippen molar-refractivity contribution in [3.05, 3.63) is 158 Å². The van der Waals surface area contributed by atoms with Gasteiger partial charge in [0.1, 0.15) is 0 Å². The van der Waals surface area contributed by atoms with Gasteiger partial charge >= 0.3 is 0 Å². The summed E-state index contributed by atoms with van der Waals surface area (Å²) in [4.78, 5) is 10.7. The third-order valence-electron chi connectivity index (χ3n) is 8.67. The number of hydrogen-bond donors (Lipinski definition) is 0. The van der Waals surface area contributed by atoms with Crippen molar-refractivity contribution in [1.82, 2.24) is 9.97 Å². The van der Waals surface area contributed by atoms with Gasteiger partial charge in [0.15, 0.2) is 5.82 Å². The first-order valence-corrected chi connectivity index (χ1v) is 16.0. The van der Waals surface area contributed by atoms with E-state index in [2.05, 4.69) is 158 Å².